The summed E-state index contributed by atoms with van der Waals surface area (Å²) in [7, 11) is 0. The summed E-state index contributed by atoms with van der Waals surface area (Å²) in [6.07, 6.45) is -4.74. The molecular weight excluding hydrogens is 359 g/mol. The molecule has 0 bridgehead atoms. The number of hydrogen-bond acceptors (Lipinski definition) is 2. The maximum absolute atomic E-state index is 12.5. The van der Waals surface area contributed by atoms with Crippen LogP contribution in [0.15, 0.2) is 16.6 Å². The fourth-order valence-electron chi connectivity index (χ4n) is 1.12. The Morgan fingerprint density at radius 1 is 1.38 bits per heavy atom. The largest absolute Gasteiger partial charge is 0.423 e. The highest BCUT2D eigenvalue weighted by atomic mass is 79.9. The zero-order valence-corrected chi connectivity index (χ0v) is 10.7. The fraction of sp³-hybridized carbons (Fsp3) is 0.250. The number of nitrogens with zero attached hydrogens (tertiary/aromatic N) is 1. The van der Waals surface area contributed by atoms with E-state index in [1.54, 1.807) is 0 Å². The summed E-state index contributed by atoms with van der Waals surface area (Å²) in [4.78, 5) is 9.58. The van der Waals surface area contributed by atoms with E-state index in [0.717, 1.165) is 0 Å². The highest BCUT2D eigenvalue weighted by molar-refractivity contribution is 9.11. The summed E-state index contributed by atoms with van der Waals surface area (Å²) in [5, 5.41) is 10.8. The monoisotopic (exact) mass is 361 g/mol. The van der Waals surface area contributed by atoms with Crippen molar-refractivity contribution in [1.29, 1.82) is 0 Å². The van der Waals surface area contributed by atoms with Crippen LogP contribution in [0, 0.1) is 10.1 Å². The lowest BCUT2D eigenvalue weighted by Crippen LogP contribution is -2.10. The van der Waals surface area contributed by atoms with Crippen molar-refractivity contribution >= 4 is 37.5 Å². The third-order valence-corrected chi connectivity index (χ3v) is 3.32. The lowest BCUT2D eigenvalue weighted by molar-refractivity contribution is -0.388. The third kappa shape index (κ3) is 2.54. The van der Waals surface area contributed by atoms with Gasteiger partial charge in [0.25, 0.3) is 5.69 Å². The third-order valence-electron chi connectivity index (χ3n) is 1.83. The number of alkyl halides is 4. The predicted octanol–water partition coefficient (Wildman–Crippen LogP) is 4.27. The van der Waals surface area contributed by atoms with Crippen LogP contribution in [0.2, 0.25) is 0 Å². The normalized spacial score (nSPS) is 11.6. The molecule has 0 aliphatic rings. The van der Waals surface area contributed by atoms with Gasteiger partial charge in [0.15, 0.2) is 0 Å². The minimum atomic E-state index is -4.74. The van der Waals surface area contributed by atoms with Gasteiger partial charge in [-0.1, -0.05) is 22.0 Å². The first-order chi connectivity index (χ1) is 7.29. The average molecular weight is 363 g/mol. The molecule has 0 atom stereocenters. The van der Waals surface area contributed by atoms with E-state index in [1.807, 2.05) is 0 Å². The standard InChI is InChI=1S/C8H4Br2F3NO2/c9-3-4-1-2-5(8(11,12)13)7(6(4)10)14(15)16/h1-2H,3H2. The number of benzene rings is 1. The van der Waals surface area contributed by atoms with Crippen molar-refractivity contribution in [1.82, 2.24) is 0 Å². The second kappa shape index (κ2) is 4.70. The Labute approximate surface area is 105 Å². The molecule has 88 valence electrons. The van der Waals surface area contributed by atoms with E-state index in [9.17, 15) is 23.3 Å². The van der Waals surface area contributed by atoms with Crippen LogP contribution >= 0.6 is 31.9 Å². The first kappa shape index (κ1) is 13.4. The molecule has 0 aliphatic carbocycles. The Kier molecular flexibility index (Phi) is 3.95. The molecule has 1 aromatic carbocycles. The van der Waals surface area contributed by atoms with Gasteiger partial charge in [-0.05, 0) is 27.6 Å². The summed E-state index contributed by atoms with van der Waals surface area (Å²) in [5.74, 6) is 0. The van der Waals surface area contributed by atoms with Gasteiger partial charge in [-0.25, -0.2) is 0 Å². The Hall–Kier alpha value is -0.630. The maximum Gasteiger partial charge on any atom is 0.423 e. The molecule has 0 saturated carbocycles. The zero-order chi connectivity index (χ0) is 12.5. The molecule has 3 nitrogen and oxygen atoms in total. The molecule has 0 fully saturated rings. The SMILES string of the molecule is O=[N+]([O-])c1c(C(F)(F)F)ccc(CBr)c1Br. The molecule has 0 aliphatic heterocycles. The van der Waals surface area contributed by atoms with Gasteiger partial charge in [0.05, 0.1) is 9.40 Å². The second-order valence-corrected chi connectivity index (χ2v) is 4.18. The van der Waals surface area contributed by atoms with Crippen LogP contribution in [0.4, 0.5) is 18.9 Å². The number of nitro benzene ring substituents is 1. The molecule has 0 saturated heterocycles. The number of nitro groups is 1. The van der Waals surface area contributed by atoms with Gasteiger partial charge < -0.3 is 0 Å². The number of hydrogen-bond donors (Lipinski definition) is 0. The van der Waals surface area contributed by atoms with E-state index in [2.05, 4.69) is 31.9 Å². The van der Waals surface area contributed by atoms with Crippen LogP contribution in [-0.2, 0) is 11.5 Å². The van der Waals surface area contributed by atoms with Gasteiger partial charge in [0.1, 0.15) is 5.56 Å². The van der Waals surface area contributed by atoms with E-state index >= 15 is 0 Å². The Morgan fingerprint density at radius 3 is 2.31 bits per heavy atom. The summed E-state index contributed by atoms with van der Waals surface area (Å²) in [6.45, 7) is 0. The van der Waals surface area contributed by atoms with Crippen LogP contribution in [-0.4, -0.2) is 4.92 Å². The quantitative estimate of drug-likeness (QED) is 0.448. The molecular formula is C8H4Br2F3NO2. The van der Waals surface area contributed by atoms with Crippen molar-refractivity contribution in [3.8, 4) is 0 Å². The molecule has 16 heavy (non-hydrogen) atoms. The van der Waals surface area contributed by atoms with Crippen molar-refractivity contribution < 1.29 is 18.1 Å². The highest BCUT2D eigenvalue weighted by Crippen LogP contribution is 2.41. The van der Waals surface area contributed by atoms with Crippen LogP contribution in [0.1, 0.15) is 11.1 Å². The lowest BCUT2D eigenvalue weighted by Gasteiger charge is -2.10. The first-order valence-electron chi connectivity index (χ1n) is 3.88. The van der Waals surface area contributed by atoms with E-state index in [1.165, 1.54) is 6.07 Å². The average Bonchev–Trinajstić information content (AvgIpc) is 2.15. The Bertz CT molecular complexity index is 434. The Morgan fingerprint density at radius 2 is 1.94 bits per heavy atom. The minimum absolute atomic E-state index is 0.149. The van der Waals surface area contributed by atoms with Gasteiger partial charge in [0.2, 0.25) is 0 Å². The van der Waals surface area contributed by atoms with E-state index in [0.29, 0.717) is 11.6 Å². The van der Waals surface area contributed by atoms with Crippen molar-refractivity contribution in [2.24, 2.45) is 0 Å². The van der Waals surface area contributed by atoms with Gasteiger partial charge >= 0.3 is 6.18 Å². The van der Waals surface area contributed by atoms with Gasteiger partial charge in [-0.2, -0.15) is 13.2 Å². The molecule has 0 spiro atoms. The summed E-state index contributed by atoms with van der Waals surface area (Å²) in [6, 6.07) is 1.90. The molecule has 0 heterocycles. The molecule has 1 aromatic rings. The van der Waals surface area contributed by atoms with E-state index < -0.39 is 22.4 Å². The zero-order valence-electron chi connectivity index (χ0n) is 7.52. The highest BCUT2D eigenvalue weighted by Gasteiger charge is 2.40. The smallest absolute Gasteiger partial charge is 0.258 e. The molecule has 0 unspecified atom stereocenters. The summed E-state index contributed by atoms with van der Waals surface area (Å²) < 4.78 is 37.3. The van der Waals surface area contributed by atoms with Gasteiger partial charge in [-0.15, -0.1) is 0 Å². The minimum Gasteiger partial charge on any atom is -0.258 e. The Balaban J connectivity index is 3.53. The van der Waals surface area contributed by atoms with Crippen LogP contribution in [0.3, 0.4) is 0 Å². The van der Waals surface area contributed by atoms with Crippen molar-refractivity contribution in [2.45, 2.75) is 11.5 Å². The maximum atomic E-state index is 12.5. The van der Waals surface area contributed by atoms with Gasteiger partial charge in [0, 0.05) is 5.33 Å². The van der Waals surface area contributed by atoms with Crippen molar-refractivity contribution in [3.05, 3.63) is 37.8 Å². The van der Waals surface area contributed by atoms with Crippen molar-refractivity contribution in [3.63, 3.8) is 0 Å². The van der Waals surface area contributed by atoms with E-state index in [4.69, 9.17) is 0 Å². The second-order valence-electron chi connectivity index (χ2n) is 2.82. The van der Waals surface area contributed by atoms with E-state index in [-0.39, 0.29) is 9.80 Å². The molecule has 0 amide bonds. The van der Waals surface area contributed by atoms with Crippen LogP contribution < -0.4 is 0 Å². The van der Waals surface area contributed by atoms with Gasteiger partial charge in [-0.3, -0.25) is 10.1 Å². The molecule has 0 N–H and O–H groups in total. The summed E-state index contributed by atoms with van der Waals surface area (Å²) in [5.41, 5.74) is -1.82. The molecule has 0 radical (unpaired) electrons. The van der Waals surface area contributed by atoms with Crippen LogP contribution in [0.25, 0.3) is 0 Å². The molecule has 0 aromatic heterocycles. The number of rotatable bonds is 2. The molecule has 1 rings (SSSR count). The van der Waals surface area contributed by atoms with Crippen molar-refractivity contribution in [2.75, 3.05) is 0 Å². The first-order valence-corrected chi connectivity index (χ1v) is 5.79. The predicted molar refractivity (Wildman–Crippen MR) is 58.4 cm³/mol. The summed E-state index contributed by atoms with van der Waals surface area (Å²) >= 11 is 5.85. The fourth-order valence-corrected chi connectivity index (χ4v) is 2.59. The number of halogens is 5. The molecule has 8 heteroatoms. The van der Waals surface area contributed by atoms with Crippen LogP contribution in [0.5, 0.6) is 0 Å². The topological polar surface area (TPSA) is 43.1 Å². The lowest BCUT2D eigenvalue weighted by atomic mass is 10.1.